The number of urea groups is 1. The van der Waals surface area contributed by atoms with E-state index in [2.05, 4.69) is 15.6 Å². The van der Waals surface area contributed by atoms with Crippen LogP contribution in [-0.4, -0.2) is 15.9 Å². The fourth-order valence-corrected chi connectivity index (χ4v) is 3.01. The van der Waals surface area contributed by atoms with E-state index in [9.17, 15) is 28.1 Å². The van der Waals surface area contributed by atoms with E-state index >= 15 is 0 Å². The molecule has 13 heteroatoms. The number of benzene rings is 2. The molecule has 3 rings (SSSR count). The van der Waals surface area contributed by atoms with E-state index in [0.717, 1.165) is 12.1 Å². The summed E-state index contributed by atoms with van der Waals surface area (Å²) in [5.41, 5.74) is 4.70. The normalized spacial score (nSPS) is 11.1. The zero-order chi connectivity index (χ0) is 24.3. The lowest BCUT2D eigenvalue weighted by Gasteiger charge is -2.14. The first-order valence-electron chi connectivity index (χ1n) is 9.08. The molecule has 172 valence electrons. The van der Waals surface area contributed by atoms with E-state index in [0.29, 0.717) is 11.3 Å². The van der Waals surface area contributed by atoms with Gasteiger partial charge in [0.25, 0.3) is 0 Å². The molecule has 1 heterocycles. The van der Waals surface area contributed by atoms with Crippen LogP contribution in [0.4, 0.5) is 40.8 Å². The second kappa shape index (κ2) is 9.20. The van der Waals surface area contributed by atoms with Gasteiger partial charge in [0.2, 0.25) is 11.6 Å². The number of amides is 2. The van der Waals surface area contributed by atoms with Gasteiger partial charge in [0.05, 0.1) is 15.5 Å². The zero-order valence-electron chi connectivity index (χ0n) is 16.7. The summed E-state index contributed by atoms with van der Waals surface area (Å²) in [5.74, 6) is -0.201. The summed E-state index contributed by atoms with van der Waals surface area (Å²) in [6, 6.07) is 7.87. The molecule has 0 spiro atoms. The Labute approximate surface area is 189 Å². The largest absolute Gasteiger partial charge is 0.450 e. The number of nitrogens with zero attached hydrogens (tertiary/aromatic N) is 2. The van der Waals surface area contributed by atoms with Crippen LogP contribution in [0.2, 0.25) is 5.02 Å². The number of rotatable bonds is 5. The highest BCUT2D eigenvalue weighted by molar-refractivity contribution is 6.31. The third kappa shape index (κ3) is 5.60. The van der Waals surface area contributed by atoms with E-state index in [1.807, 2.05) is 0 Å². The maximum absolute atomic E-state index is 13.0. The van der Waals surface area contributed by atoms with Crippen LogP contribution in [0.3, 0.4) is 0 Å². The molecule has 33 heavy (non-hydrogen) atoms. The van der Waals surface area contributed by atoms with E-state index in [-0.39, 0.29) is 23.0 Å². The van der Waals surface area contributed by atoms with E-state index < -0.39 is 33.4 Å². The molecule has 1 aromatic heterocycles. The topological polar surface area (TPSA) is 132 Å². The molecule has 0 aliphatic rings. The number of pyridine rings is 1. The molecule has 0 unspecified atom stereocenters. The molecule has 0 saturated carbocycles. The Morgan fingerprint density at radius 2 is 1.91 bits per heavy atom. The molecule has 0 fully saturated rings. The van der Waals surface area contributed by atoms with Crippen LogP contribution in [0.5, 0.6) is 11.5 Å². The van der Waals surface area contributed by atoms with Crippen molar-refractivity contribution < 1.29 is 27.6 Å². The quantitative estimate of drug-likeness (QED) is 0.303. The number of ether oxygens (including phenoxy) is 1. The Morgan fingerprint density at radius 1 is 1.18 bits per heavy atom. The number of carbonyl (C=O) groups excluding carboxylic acids is 1. The Kier molecular flexibility index (Phi) is 6.58. The van der Waals surface area contributed by atoms with Crippen LogP contribution >= 0.6 is 11.6 Å². The molecule has 2 amide bonds. The lowest BCUT2D eigenvalue weighted by molar-refractivity contribution is -0.384. The standard InChI is InChI=1S/C20H15ClF3N5O4/c1-10-8-12(33-16-6-7-26-18(25)17(16)29(31)32)3-5-15(10)28-19(30)27-11-2-4-14(21)13(9-11)20(22,23)24/h2-9H,1H3,(H2,25,26)(H2,27,28,30). The van der Waals surface area contributed by atoms with Crippen LogP contribution in [0, 0.1) is 17.0 Å². The number of hydrogen-bond acceptors (Lipinski definition) is 6. The number of aryl methyl sites for hydroxylation is 1. The molecule has 0 radical (unpaired) electrons. The van der Waals surface area contributed by atoms with Crippen molar-refractivity contribution in [1.82, 2.24) is 4.98 Å². The molecule has 0 aliphatic heterocycles. The molecule has 0 atom stereocenters. The second-order valence-corrected chi connectivity index (χ2v) is 7.06. The Hall–Kier alpha value is -4.06. The van der Waals surface area contributed by atoms with Gasteiger partial charge in [0.15, 0.2) is 0 Å². The Balaban J connectivity index is 1.73. The van der Waals surface area contributed by atoms with Gasteiger partial charge in [-0.3, -0.25) is 10.1 Å². The average molecular weight is 482 g/mol. The predicted octanol–water partition coefficient (Wildman–Crippen LogP) is 5.99. The van der Waals surface area contributed by atoms with Crippen molar-refractivity contribution in [3.63, 3.8) is 0 Å². The number of anilines is 3. The maximum Gasteiger partial charge on any atom is 0.417 e. The van der Waals surface area contributed by atoms with Crippen molar-refractivity contribution >= 4 is 40.5 Å². The molecule has 4 N–H and O–H groups in total. The van der Waals surface area contributed by atoms with Crippen molar-refractivity contribution in [2.24, 2.45) is 0 Å². The molecule has 0 bridgehead atoms. The molecule has 0 aliphatic carbocycles. The molecule has 3 aromatic rings. The number of alkyl halides is 3. The summed E-state index contributed by atoms with van der Waals surface area (Å²) in [6.07, 6.45) is -3.42. The van der Waals surface area contributed by atoms with Crippen LogP contribution < -0.4 is 21.1 Å². The van der Waals surface area contributed by atoms with E-state index in [1.54, 1.807) is 6.92 Å². The van der Waals surface area contributed by atoms with Gasteiger partial charge in [-0.25, -0.2) is 9.78 Å². The van der Waals surface area contributed by atoms with Gasteiger partial charge in [-0.15, -0.1) is 0 Å². The van der Waals surface area contributed by atoms with Crippen molar-refractivity contribution in [3.05, 3.63) is 74.9 Å². The summed E-state index contributed by atoms with van der Waals surface area (Å²) in [4.78, 5) is 26.4. The van der Waals surface area contributed by atoms with Crippen LogP contribution in [0.15, 0.2) is 48.7 Å². The first-order valence-corrected chi connectivity index (χ1v) is 9.45. The lowest BCUT2D eigenvalue weighted by Crippen LogP contribution is -2.20. The first-order chi connectivity index (χ1) is 15.5. The summed E-state index contributed by atoms with van der Waals surface area (Å²) < 4.78 is 44.5. The van der Waals surface area contributed by atoms with Crippen LogP contribution in [-0.2, 0) is 6.18 Å². The summed E-state index contributed by atoms with van der Waals surface area (Å²) in [7, 11) is 0. The number of nitrogen functional groups attached to an aromatic ring is 1. The maximum atomic E-state index is 13.0. The first kappa shape index (κ1) is 23.6. The minimum Gasteiger partial charge on any atom is -0.450 e. The van der Waals surface area contributed by atoms with Crippen molar-refractivity contribution in [1.29, 1.82) is 0 Å². The van der Waals surface area contributed by atoms with Gasteiger partial charge < -0.3 is 21.1 Å². The number of nitro groups is 1. The fraction of sp³-hybridized carbons (Fsp3) is 0.100. The van der Waals surface area contributed by atoms with E-state index in [1.165, 1.54) is 36.5 Å². The van der Waals surface area contributed by atoms with Crippen molar-refractivity contribution in [3.8, 4) is 11.5 Å². The number of nitrogens with one attached hydrogen (secondary N) is 2. The van der Waals surface area contributed by atoms with E-state index in [4.69, 9.17) is 22.1 Å². The second-order valence-electron chi connectivity index (χ2n) is 6.65. The third-order valence-corrected chi connectivity index (χ3v) is 4.63. The minimum atomic E-state index is -4.67. The molecule has 2 aromatic carbocycles. The predicted molar refractivity (Wildman–Crippen MR) is 116 cm³/mol. The number of aromatic nitrogens is 1. The monoisotopic (exact) mass is 481 g/mol. The SMILES string of the molecule is Cc1cc(Oc2ccnc(N)c2[N+](=O)[O-])ccc1NC(=O)Nc1ccc(Cl)c(C(F)(F)F)c1. The number of nitrogens with two attached hydrogens (primary N) is 1. The summed E-state index contributed by atoms with van der Waals surface area (Å²) in [6.45, 7) is 1.63. The number of hydrogen-bond donors (Lipinski definition) is 3. The van der Waals surface area contributed by atoms with Crippen molar-refractivity contribution in [2.45, 2.75) is 13.1 Å². The van der Waals surface area contributed by atoms with Gasteiger partial charge in [0.1, 0.15) is 5.75 Å². The molecule has 9 nitrogen and oxygen atoms in total. The number of halogens is 4. The highest BCUT2D eigenvalue weighted by Gasteiger charge is 2.33. The molecular formula is C20H15ClF3N5O4. The number of carbonyl (C=O) groups is 1. The van der Waals surface area contributed by atoms with Gasteiger partial charge in [-0.1, -0.05) is 11.6 Å². The highest BCUT2D eigenvalue weighted by atomic mass is 35.5. The fourth-order valence-electron chi connectivity index (χ4n) is 2.79. The van der Waals surface area contributed by atoms with Crippen LogP contribution in [0.25, 0.3) is 0 Å². The van der Waals surface area contributed by atoms with Crippen LogP contribution in [0.1, 0.15) is 11.1 Å². The van der Waals surface area contributed by atoms with Crippen molar-refractivity contribution in [2.75, 3.05) is 16.4 Å². The van der Waals surface area contributed by atoms with Gasteiger partial charge in [0, 0.05) is 23.6 Å². The smallest absolute Gasteiger partial charge is 0.417 e. The molecular weight excluding hydrogens is 467 g/mol. The van der Waals surface area contributed by atoms with Gasteiger partial charge in [-0.05, 0) is 48.9 Å². The molecule has 0 saturated heterocycles. The third-order valence-electron chi connectivity index (χ3n) is 4.30. The lowest BCUT2D eigenvalue weighted by atomic mass is 10.2. The van der Waals surface area contributed by atoms with Gasteiger partial charge in [-0.2, -0.15) is 13.2 Å². The average Bonchev–Trinajstić information content (AvgIpc) is 2.70. The summed E-state index contributed by atoms with van der Waals surface area (Å²) >= 11 is 5.57. The zero-order valence-corrected chi connectivity index (χ0v) is 17.5. The Bertz CT molecular complexity index is 1240. The highest BCUT2D eigenvalue weighted by Crippen LogP contribution is 2.37. The minimum absolute atomic E-state index is 0.107. The Morgan fingerprint density at radius 3 is 2.55 bits per heavy atom. The summed E-state index contributed by atoms with van der Waals surface area (Å²) in [5, 5.41) is 15.5. The van der Waals surface area contributed by atoms with Gasteiger partial charge >= 0.3 is 17.9 Å².